The molecule has 9 heavy (non-hydrogen) atoms. The van der Waals surface area contributed by atoms with Crippen molar-refractivity contribution in [3.05, 3.63) is 6.42 Å². The summed E-state index contributed by atoms with van der Waals surface area (Å²) in [7, 11) is 1.68. The zero-order valence-corrected chi connectivity index (χ0v) is 5.71. The van der Waals surface area contributed by atoms with Crippen LogP contribution in [0.5, 0.6) is 0 Å². The molecule has 0 saturated heterocycles. The van der Waals surface area contributed by atoms with Crippen LogP contribution in [0.15, 0.2) is 0 Å². The lowest BCUT2D eigenvalue weighted by molar-refractivity contribution is 0.0594. The van der Waals surface area contributed by atoms with Crippen LogP contribution in [0.1, 0.15) is 19.3 Å². The molecule has 2 atom stereocenters. The molecule has 0 unspecified atom stereocenters. The predicted octanol–water partition coefficient (Wildman–Crippen LogP) is 0.750. The van der Waals surface area contributed by atoms with E-state index in [4.69, 9.17) is 9.84 Å². The average Bonchev–Trinajstić information content (AvgIpc) is 1.88. The minimum atomic E-state index is -0.233. The van der Waals surface area contributed by atoms with Gasteiger partial charge in [-0.2, -0.15) is 0 Å². The van der Waals surface area contributed by atoms with E-state index in [-0.39, 0.29) is 12.2 Å². The fourth-order valence-corrected chi connectivity index (χ4v) is 1.16. The Labute approximate surface area is 55.8 Å². The predicted molar refractivity (Wildman–Crippen MR) is 35.0 cm³/mol. The molecule has 1 radical (unpaired) electrons. The largest absolute Gasteiger partial charge is 0.393 e. The molecule has 53 valence electrons. The molecular weight excluding hydrogens is 116 g/mol. The third-order valence-corrected chi connectivity index (χ3v) is 1.73. The zero-order chi connectivity index (χ0) is 6.69. The molecule has 1 aliphatic rings. The summed E-state index contributed by atoms with van der Waals surface area (Å²) in [4.78, 5) is 0. The first-order valence-electron chi connectivity index (χ1n) is 3.39. The van der Waals surface area contributed by atoms with Gasteiger partial charge in [0.05, 0.1) is 12.2 Å². The molecule has 0 bridgehead atoms. The Kier molecular flexibility index (Phi) is 2.49. The number of aliphatic hydroxyl groups is 1. The molecule has 0 aromatic heterocycles. The standard InChI is InChI=1S/C7H13O2/c1-9-7-4-2-3-6(8)5-7/h5-8H,2-4H2,1H3/t6-,7+/m0/s1. The van der Waals surface area contributed by atoms with Crippen molar-refractivity contribution in [1.29, 1.82) is 0 Å². The second-order valence-corrected chi connectivity index (χ2v) is 2.46. The van der Waals surface area contributed by atoms with E-state index in [1.165, 1.54) is 0 Å². The molecule has 1 fully saturated rings. The van der Waals surface area contributed by atoms with Crippen LogP contribution in [0.4, 0.5) is 0 Å². The Morgan fingerprint density at radius 1 is 1.56 bits per heavy atom. The normalized spacial score (nSPS) is 36.7. The van der Waals surface area contributed by atoms with Crippen molar-refractivity contribution in [2.75, 3.05) is 7.11 Å². The van der Waals surface area contributed by atoms with Crippen molar-refractivity contribution in [3.8, 4) is 0 Å². The number of aliphatic hydroxyl groups excluding tert-OH is 1. The van der Waals surface area contributed by atoms with Crippen LogP contribution in [-0.2, 0) is 4.74 Å². The van der Waals surface area contributed by atoms with Gasteiger partial charge in [0.15, 0.2) is 0 Å². The molecule has 0 aliphatic heterocycles. The Morgan fingerprint density at radius 2 is 2.33 bits per heavy atom. The lowest BCUT2D eigenvalue weighted by atomic mass is 9.95. The fourth-order valence-electron chi connectivity index (χ4n) is 1.16. The molecule has 1 aliphatic carbocycles. The van der Waals surface area contributed by atoms with E-state index in [1.54, 1.807) is 7.11 Å². The second-order valence-electron chi connectivity index (χ2n) is 2.46. The Hall–Kier alpha value is -0.0800. The quantitative estimate of drug-likeness (QED) is 0.566. The van der Waals surface area contributed by atoms with E-state index in [1.807, 2.05) is 6.42 Å². The fraction of sp³-hybridized carbons (Fsp3) is 0.857. The molecule has 1 rings (SSSR count). The van der Waals surface area contributed by atoms with Gasteiger partial charge in [0.1, 0.15) is 0 Å². The van der Waals surface area contributed by atoms with Gasteiger partial charge in [-0.25, -0.2) is 0 Å². The van der Waals surface area contributed by atoms with Crippen LogP contribution in [0.25, 0.3) is 0 Å². The van der Waals surface area contributed by atoms with Crippen molar-refractivity contribution in [1.82, 2.24) is 0 Å². The first-order chi connectivity index (χ1) is 4.33. The summed E-state index contributed by atoms with van der Waals surface area (Å²) in [6.07, 6.45) is 4.87. The first-order valence-corrected chi connectivity index (χ1v) is 3.39. The number of methoxy groups -OCH3 is 1. The minimum Gasteiger partial charge on any atom is -0.393 e. The molecule has 1 N–H and O–H groups in total. The minimum absolute atomic E-state index is 0.189. The highest BCUT2D eigenvalue weighted by Gasteiger charge is 2.19. The van der Waals surface area contributed by atoms with Gasteiger partial charge in [0, 0.05) is 13.5 Å². The van der Waals surface area contributed by atoms with Crippen LogP contribution >= 0.6 is 0 Å². The van der Waals surface area contributed by atoms with Crippen molar-refractivity contribution in [2.24, 2.45) is 0 Å². The van der Waals surface area contributed by atoms with Crippen molar-refractivity contribution >= 4 is 0 Å². The maximum Gasteiger partial charge on any atom is 0.0628 e. The lowest BCUT2D eigenvalue weighted by Gasteiger charge is -2.23. The molecule has 0 heterocycles. The van der Waals surface area contributed by atoms with E-state index < -0.39 is 0 Å². The summed E-state index contributed by atoms with van der Waals surface area (Å²) in [6, 6.07) is 0. The number of hydrogen-bond acceptors (Lipinski definition) is 2. The summed E-state index contributed by atoms with van der Waals surface area (Å²) >= 11 is 0. The van der Waals surface area contributed by atoms with Gasteiger partial charge in [-0.15, -0.1) is 0 Å². The monoisotopic (exact) mass is 129 g/mol. The molecule has 1 saturated carbocycles. The van der Waals surface area contributed by atoms with Gasteiger partial charge in [-0.1, -0.05) is 0 Å². The summed E-state index contributed by atoms with van der Waals surface area (Å²) in [5, 5.41) is 9.08. The molecule has 0 amide bonds. The maximum absolute atomic E-state index is 9.08. The Morgan fingerprint density at radius 3 is 2.78 bits per heavy atom. The molecule has 2 nitrogen and oxygen atoms in total. The van der Waals surface area contributed by atoms with Crippen molar-refractivity contribution < 1.29 is 9.84 Å². The molecular formula is C7H13O2. The van der Waals surface area contributed by atoms with Gasteiger partial charge < -0.3 is 9.84 Å². The van der Waals surface area contributed by atoms with Gasteiger partial charge >= 0.3 is 0 Å². The molecule has 0 aromatic carbocycles. The SMILES string of the molecule is CO[C@H]1[CH][C@@H](O)CCC1. The van der Waals surface area contributed by atoms with E-state index in [9.17, 15) is 0 Å². The highest BCUT2D eigenvalue weighted by atomic mass is 16.5. The highest BCUT2D eigenvalue weighted by molar-refractivity contribution is 4.88. The first kappa shape index (κ1) is 7.03. The lowest BCUT2D eigenvalue weighted by Crippen LogP contribution is -2.25. The average molecular weight is 129 g/mol. The molecule has 0 aromatic rings. The summed E-state index contributed by atoms with van der Waals surface area (Å²) in [5.74, 6) is 0. The van der Waals surface area contributed by atoms with Gasteiger partial charge in [0.2, 0.25) is 0 Å². The number of rotatable bonds is 1. The van der Waals surface area contributed by atoms with E-state index in [2.05, 4.69) is 0 Å². The third kappa shape index (κ3) is 1.95. The molecule has 0 spiro atoms. The van der Waals surface area contributed by atoms with E-state index in [0.717, 1.165) is 19.3 Å². The molecule has 2 heteroatoms. The van der Waals surface area contributed by atoms with Crippen LogP contribution in [0, 0.1) is 6.42 Å². The third-order valence-electron chi connectivity index (χ3n) is 1.73. The maximum atomic E-state index is 9.08. The number of hydrogen-bond donors (Lipinski definition) is 1. The van der Waals surface area contributed by atoms with E-state index >= 15 is 0 Å². The van der Waals surface area contributed by atoms with Crippen LogP contribution in [0.3, 0.4) is 0 Å². The highest BCUT2D eigenvalue weighted by Crippen LogP contribution is 2.18. The Bertz CT molecular complexity index is 83.0. The van der Waals surface area contributed by atoms with Crippen molar-refractivity contribution in [3.63, 3.8) is 0 Å². The van der Waals surface area contributed by atoms with Gasteiger partial charge in [-0.3, -0.25) is 0 Å². The summed E-state index contributed by atoms with van der Waals surface area (Å²) in [5.41, 5.74) is 0. The Balaban J connectivity index is 2.23. The van der Waals surface area contributed by atoms with Crippen LogP contribution in [-0.4, -0.2) is 24.4 Å². The van der Waals surface area contributed by atoms with Crippen LogP contribution in [0.2, 0.25) is 0 Å². The summed E-state index contributed by atoms with van der Waals surface area (Å²) in [6.45, 7) is 0. The zero-order valence-electron chi connectivity index (χ0n) is 5.71. The van der Waals surface area contributed by atoms with Crippen LogP contribution < -0.4 is 0 Å². The topological polar surface area (TPSA) is 29.5 Å². The summed E-state index contributed by atoms with van der Waals surface area (Å²) < 4.78 is 5.05. The second kappa shape index (κ2) is 3.18. The van der Waals surface area contributed by atoms with Gasteiger partial charge in [0.25, 0.3) is 0 Å². The van der Waals surface area contributed by atoms with E-state index in [0.29, 0.717) is 0 Å². The van der Waals surface area contributed by atoms with Crippen molar-refractivity contribution in [2.45, 2.75) is 31.5 Å². The van der Waals surface area contributed by atoms with Gasteiger partial charge in [-0.05, 0) is 19.3 Å². The number of ether oxygens (including phenoxy) is 1. The smallest absolute Gasteiger partial charge is 0.0628 e.